The van der Waals surface area contributed by atoms with Gasteiger partial charge in [-0.2, -0.15) is 13.2 Å². The van der Waals surface area contributed by atoms with Crippen LogP contribution in [0.3, 0.4) is 0 Å². The van der Waals surface area contributed by atoms with Crippen molar-refractivity contribution >= 4 is 5.97 Å². The summed E-state index contributed by atoms with van der Waals surface area (Å²) in [7, 11) is 0. The SMILES string of the molecule is CCCC(C)C(NCC(F)(F)F)C(=O)O. The van der Waals surface area contributed by atoms with Gasteiger partial charge in [-0.1, -0.05) is 20.3 Å². The number of carboxylic acid groups (broad SMARTS) is 1. The van der Waals surface area contributed by atoms with Gasteiger partial charge in [0.05, 0.1) is 6.54 Å². The number of carbonyl (C=O) groups is 1. The first-order valence-corrected chi connectivity index (χ1v) is 4.81. The summed E-state index contributed by atoms with van der Waals surface area (Å²) in [5.41, 5.74) is 0. The van der Waals surface area contributed by atoms with Crippen LogP contribution in [-0.2, 0) is 4.79 Å². The highest BCUT2D eigenvalue weighted by molar-refractivity contribution is 5.73. The van der Waals surface area contributed by atoms with Crippen LogP contribution in [0.15, 0.2) is 0 Å². The quantitative estimate of drug-likeness (QED) is 0.730. The van der Waals surface area contributed by atoms with Gasteiger partial charge in [-0.05, 0) is 12.3 Å². The van der Waals surface area contributed by atoms with Crippen LogP contribution in [0.2, 0.25) is 0 Å². The van der Waals surface area contributed by atoms with Crippen molar-refractivity contribution in [1.29, 1.82) is 0 Å². The molecular weight excluding hydrogens is 211 g/mol. The minimum absolute atomic E-state index is 0.310. The van der Waals surface area contributed by atoms with Gasteiger partial charge in [0.1, 0.15) is 6.04 Å². The first-order chi connectivity index (χ1) is 6.78. The van der Waals surface area contributed by atoms with Crippen molar-refractivity contribution in [3.05, 3.63) is 0 Å². The fraction of sp³-hybridized carbons (Fsp3) is 0.889. The molecule has 0 amide bonds. The minimum Gasteiger partial charge on any atom is -0.480 e. The van der Waals surface area contributed by atoms with E-state index in [0.29, 0.717) is 6.42 Å². The van der Waals surface area contributed by atoms with Gasteiger partial charge in [-0.15, -0.1) is 0 Å². The summed E-state index contributed by atoms with van der Waals surface area (Å²) in [6.07, 6.45) is -3.04. The molecule has 3 nitrogen and oxygen atoms in total. The molecule has 0 saturated heterocycles. The Bertz CT molecular complexity index is 206. The second-order valence-electron chi connectivity index (χ2n) is 3.58. The Kier molecular flexibility index (Phi) is 5.64. The number of halogens is 3. The zero-order valence-electron chi connectivity index (χ0n) is 8.77. The Morgan fingerprint density at radius 2 is 2.00 bits per heavy atom. The standard InChI is InChI=1S/C9H16F3NO2/c1-3-4-6(2)7(8(14)15)13-5-9(10,11)12/h6-7,13H,3-5H2,1-2H3,(H,14,15). The number of nitrogens with one attached hydrogen (secondary N) is 1. The Labute approximate surface area is 86.7 Å². The second kappa shape index (κ2) is 5.95. The maximum absolute atomic E-state index is 11.9. The van der Waals surface area contributed by atoms with E-state index >= 15 is 0 Å². The van der Waals surface area contributed by atoms with Crippen LogP contribution in [0.25, 0.3) is 0 Å². The van der Waals surface area contributed by atoms with Gasteiger partial charge >= 0.3 is 12.1 Å². The van der Waals surface area contributed by atoms with Gasteiger partial charge in [0.15, 0.2) is 0 Å². The van der Waals surface area contributed by atoms with Gasteiger partial charge < -0.3 is 5.11 Å². The van der Waals surface area contributed by atoms with Crippen molar-refractivity contribution in [2.24, 2.45) is 5.92 Å². The van der Waals surface area contributed by atoms with E-state index in [1.807, 2.05) is 12.2 Å². The van der Waals surface area contributed by atoms with Gasteiger partial charge in [0.2, 0.25) is 0 Å². The average Bonchev–Trinajstić information content (AvgIpc) is 2.01. The topological polar surface area (TPSA) is 49.3 Å². The molecule has 2 N–H and O–H groups in total. The Morgan fingerprint density at radius 3 is 2.33 bits per heavy atom. The number of carboxylic acids is 1. The van der Waals surface area contributed by atoms with Crippen LogP contribution in [0.1, 0.15) is 26.7 Å². The molecule has 2 atom stereocenters. The maximum atomic E-state index is 11.9. The molecule has 0 fully saturated rings. The highest BCUT2D eigenvalue weighted by Gasteiger charge is 2.31. The first-order valence-electron chi connectivity index (χ1n) is 4.81. The third kappa shape index (κ3) is 6.33. The summed E-state index contributed by atoms with van der Waals surface area (Å²) in [5, 5.41) is 10.8. The van der Waals surface area contributed by atoms with Crippen molar-refractivity contribution < 1.29 is 23.1 Å². The van der Waals surface area contributed by atoms with Crippen molar-refractivity contribution in [3.8, 4) is 0 Å². The van der Waals surface area contributed by atoms with E-state index in [4.69, 9.17) is 5.11 Å². The monoisotopic (exact) mass is 227 g/mol. The molecule has 6 heteroatoms. The Morgan fingerprint density at radius 1 is 1.47 bits per heavy atom. The van der Waals surface area contributed by atoms with E-state index in [1.165, 1.54) is 0 Å². The molecule has 0 saturated carbocycles. The molecule has 0 aromatic heterocycles. The fourth-order valence-electron chi connectivity index (χ4n) is 1.38. The predicted molar refractivity (Wildman–Crippen MR) is 49.6 cm³/mol. The highest BCUT2D eigenvalue weighted by atomic mass is 19.4. The number of aliphatic carboxylic acids is 1. The zero-order chi connectivity index (χ0) is 12.1. The molecule has 15 heavy (non-hydrogen) atoms. The zero-order valence-corrected chi connectivity index (χ0v) is 8.77. The second-order valence-corrected chi connectivity index (χ2v) is 3.58. The molecule has 0 radical (unpaired) electrons. The van der Waals surface area contributed by atoms with Crippen molar-refractivity contribution in [2.45, 2.75) is 38.9 Å². The fourth-order valence-corrected chi connectivity index (χ4v) is 1.38. The lowest BCUT2D eigenvalue weighted by molar-refractivity contribution is -0.145. The van der Waals surface area contributed by atoms with Crippen LogP contribution < -0.4 is 5.32 Å². The van der Waals surface area contributed by atoms with Gasteiger partial charge in [-0.25, -0.2) is 0 Å². The number of rotatable bonds is 6. The molecular formula is C9H16F3NO2. The summed E-state index contributed by atoms with van der Waals surface area (Å²) < 4.78 is 35.6. The summed E-state index contributed by atoms with van der Waals surface area (Å²) in [4.78, 5) is 10.7. The van der Waals surface area contributed by atoms with E-state index in [0.717, 1.165) is 6.42 Å². The van der Waals surface area contributed by atoms with Crippen LogP contribution in [0.5, 0.6) is 0 Å². The van der Waals surface area contributed by atoms with Crippen molar-refractivity contribution in [3.63, 3.8) is 0 Å². The summed E-state index contributed by atoms with van der Waals surface area (Å²) in [6, 6.07) is -1.13. The van der Waals surface area contributed by atoms with E-state index in [9.17, 15) is 18.0 Å². The Balaban J connectivity index is 4.22. The number of alkyl halides is 3. The lowest BCUT2D eigenvalue weighted by Crippen LogP contribution is -2.45. The van der Waals surface area contributed by atoms with Gasteiger partial charge in [0.25, 0.3) is 0 Å². The van der Waals surface area contributed by atoms with E-state index in [2.05, 4.69) is 0 Å². The van der Waals surface area contributed by atoms with Crippen LogP contribution in [-0.4, -0.2) is 29.8 Å². The molecule has 0 aliphatic rings. The molecule has 0 aliphatic carbocycles. The van der Waals surface area contributed by atoms with Crippen LogP contribution in [0.4, 0.5) is 13.2 Å². The van der Waals surface area contributed by atoms with E-state index < -0.39 is 24.7 Å². The molecule has 90 valence electrons. The molecule has 0 bridgehead atoms. The lowest BCUT2D eigenvalue weighted by Gasteiger charge is -2.21. The molecule has 0 aromatic rings. The first kappa shape index (κ1) is 14.2. The molecule has 0 aromatic carbocycles. The number of hydrogen-bond acceptors (Lipinski definition) is 2. The lowest BCUT2D eigenvalue weighted by atomic mass is 9.97. The molecule has 0 spiro atoms. The summed E-state index contributed by atoms with van der Waals surface area (Å²) in [5.74, 6) is -1.55. The third-order valence-electron chi connectivity index (χ3n) is 2.10. The molecule has 0 rings (SSSR count). The summed E-state index contributed by atoms with van der Waals surface area (Å²) in [6.45, 7) is 2.23. The van der Waals surface area contributed by atoms with Gasteiger partial charge in [-0.3, -0.25) is 10.1 Å². The highest BCUT2D eigenvalue weighted by Crippen LogP contribution is 2.16. The smallest absolute Gasteiger partial charge is 0.401 e. The van der Waals surface area contributed by atoms with Crippen LogP contribution >= 0.6 is 0 Å². The molecule has 2 unspecified atom stereocenters. The van der Waals surface area contributed by atoms with E-state index in [-0.39, 0.29) is 5.92 Å². The minimum atomic E-state index is -4.38. The largest absolute Gasteiger partial charge is 0.480 e. The summed E-state index contributed by atoms with van der Waals surface area (Å²) >= 11 is 0. The predicted octanol–water partition coefficient (Wildman–Crippen LogP) is 2.03. The van der Waals surface area contributed by atoms with Crippen LogP contribution in [0, 0.1) is 5.92 Å². The average molecular weight is 227 g/mol. The third-order valence-corrected chi connectivity index (χ3v) is 2.10. The van der Waals surface area contributed by atoms with E-state index in [1.54, 1.807) is 6.92 Å². The maximum Gasteiger partial charge on any atom is 0.401 e. The van der Waals surface area contributed by atoms with Crippen molar-refractivity contribution in [2.75, 3.05) is 6.54 Å². The molecule has 0 heterocycles. The van der Waals surface area contributed by atoms with Crippen molar-refractivity contribution in [1.82, 2.24) is 5.32 Å². The van der Waals surface area contributed by atoms with Gasteiger partial charge in [0, 0.05) is 0 Å². The molecule has 0 aliphatic heterocycles. The Hall–Kier alpha value is -0.780. The number of hydrogen-bond donors (Lipinski definition) is 2. The normalized spacial score (nSPS) is 16.1.